The number of nitrogens with one attached hydrogen (secondary N) is 1. The number of hydrogen-bond acceptors (Lipinski definition) is 5. The van der Waals surface area contributed by atoms with Crippen LogP contribution in [0.2, 0.25) is 0 Å². The van der Waals surface area contributed by atoms with Crippen LogP contribution in [0.1, 0.15) is 29.3 Å². The number of amides is 3. The summed E-state index contributed by atoms with van der Waals surface area (Å²) in [7, 11) is 0. The average molecular weight is 327 g/mol. The molecular formula is C17H17N3O4. The largest absolute Gasteiger partial charge is 0.493 e. The summed E-state index contributed by atoms with van der Waals surface area (Å²) in [6.07, 6.45) is 0.398. The quantitative estimate of drug-likeness (QED) is 0.853. The number of imide groups is 1. The number of nitrogens with zero attached hydrogens (tertiary/aromatic N) is 2. The molecule has 2 aromatic rings. The van der Waals surface area contributed by atoms with Gasteiger partial charge in [0.2, 0.25) is 5.89 Å². The summed E-state index contributed by atoms with van der Waals surface area (Å²) < 4.78 is 11.1. The van der Waals surface area contributed by atoms with Gasteiger partial charge in [0.1, 0.15) is 18.1 Å². The van der Waals surface area contributed by atoms with Crippen molar-refractivity contribution in [3.63, 3.8) is 0 Å². The molecule has 1 N–H and O–H groups in total. The first-order valence-electron chi connectivity index (χ1n) is 7.80. The van der Waals surface area contributed by atoms with Crippen molar-refractivity contribution >= 4 is 11.9 Å². The van der Waals surface area contributed by atoms with Gasteiger partial charge in [-0.05, 0) is 19.9 Å². The topological polar surface area (TPSA) is 84.7 Å². The molecule has 1 atom stereocenters. The Labute approximate surface area is 138 Å². The minimum atomic E-state index is -1.07. The second kappa shape index (κ2) is 5.09. The second-order valence-corrected chi connectivity index (χ2v) is 6.07. The highest BCUT2D eigenvalue weighted by Gasteiger charge is 2.55. The number of carbonyl (C=O) groups excluding carboxylic acids is 2. The number of carbonyl (C=O) groups is 2. The van der Waals surface area contributed by atoms with Gasteiger partial charge < -0.3 is 14.5 Å². The number of ether oxygens (including phenoxy) is 1. The molecule has 2 aliphatic rings. The van der Waals surface area contributed by atoms with E-state index in [0.717, 1.165) is 10.6 Å². The van der Waals surface area contributed by atoms with Crippen LogP contribution in [0.5, 0.6) is 5.75 Å². The van der Waals surface area contributed by atoms with Gasteiger partial charge in [-0.1, -0.05) is 18.2 Å². The molecule has 4 rings (SSSR count). The zero-order valence-electron chi connectivity index (χ0n) is 13.5. The third kappa shape index (κ3) is 2.01. The maximum Gasteiger partial charge on any atom is 0.325 e. The SMILES string of the molecule is Cc1nc(CN2C(=O)NC3(CCOc4ccccc43)C2=O)oc1C. The number of urea groups is 1. The number of fused-ring (bicyclic) bond motifs is 2. The molecule has 1 fully saturated rings. The van der Waals surface area contributed by atoms with E-state index in [1.54, 1.807) is 13.0 Å². The number of aryl methyl sites for hydroxylation is 2. The van der Waals surface area contributed by atoms with E-state index in [-0.39, 0.29) is 12.5 Å². The number of hydrogen-bond donors (Lipinski definition) is 1. The minimum Gasteiger partial charge on any atom is -0.493 e. The predicted octanol–water partition coefficient (Wildman–Crippen LogP) is 2.02. The van der Waals surface area contributed by atoms with Crippen LogP contribution in [0, 0.1) is 13.8 Å². The van der Waals surface area contributed by atoms with Crippen LogP contribution in [0.25, 0.3) is 0 Å². The maximum absolute atomic E-state index is 13.1. The molecule has 1 saturated heterocycles. The van der Waals surface area contributed by atoms with Crippen LogP contribution >= 0.6 is 0 Å². The van der Waals surface area contributed by atoms with E-state index in [1.807, 2.05) is 25.1 Å². The van der Waals surface area contributed by atoms with Gasteiger partial charge in [-0.3, -0.25) is 9.69 Å². The van der Waals surface area contributed by atoms with Crippen molar-refractivity contribution in [1.29, 1.82) is 0 Å². The lowest BCUT2D eigenvalue weighted by molar-refractivity contribution is -0.133. The van der Waals surface area contributed by atoms with E-state index < -0.39 is 11.6 Å². The van der Waals surface area contributed by atoms with Crippen LogP contribution in [-0.2, 0) is 16.9 Å². The lowest BCUT2D eigenvalue weighted by Gasteiger charge is -2.33. The van der Waals surface area contributed by atoms with Crippen LogP contribution in [0.15, 0.2) is 28.7 Å². The summed E-state index contributed by atoms with van der Waals surface area (Å²) >= 11 is 0. The van der Waals surface area contributed by atoms with E-state index in [2.05, 4.69) is 10.3 Å². The number of oxazole rings is 1. The molecule has 24 heavy (non-hydrogen) atoms. The molecule has 7 nitrogen and oxygen atoms in total. The molecule has 0 bridgehead atoms. The van der Waals surface area contributed by atoms with Gasteiger partial charge >= 0.3 is 6.03 Å². The Kier molecular flexibility index (Phi) is 3.13. The fourth-order valence-electron chi connectivity index (χ4n) is 3.26. The molecule has 3 amide bonds. The van der Waals surface area contributed by atoms with E-state index in [1.165, 1.54) is 0 Å². The van der Waals surface area contributed by atoms with Gasteiger partial charge in [-0.25, -0.2) is 9.78 Å². The number of rotatable bonds is 2. The zero-order chi connectivity index (χ0) is 16.9. The van der Waals surface area contributed by atoms with Crippen molar-refractivity contribution in [2.45, 2.75) is 32.4 Å². The van der Waals surface area contributed by atoms with Crippen LogP contribution < -0.4 is 10.1 Å². The molecule has 0 aliphatic carbocycles. The zero-order valence-corrected chi connectivity index (χ0v) is 13.5. The molecule has 124 valence electrons. The number of aromatic nitrogens is 1. The van der Waals surface area contributed by atoms with Gasteiger partial charge in [0, 0.05) is 12.0 Å². The van der Waals surface area contributed by atoms with Gasteiger partial charge in [-0.2, -0.15) is 0 Å². The third-order valence-corrected chi connectivity index (χ3v) is 4.62. The smallest absolute Gasteiger partial charge is 0.325 e. The molecule has 0 radical (unpaired) electrons. The van der Waals surface area contributed by atoms with E-state index in [9.17, 15) is 9.59 Å². The molecule has 1 aromatic heterocycles. The van der Waals surface area contributed by atoms with Crippen molar-refractivity contribution in [3.05, 3.63) is 47.2 Å². The Bertz CT molecular complexity index is 825. The van der Waals surface area contributed by atoms with E-state index in [0.29, 0.717) is 36.0 Å². The first-order valence-corrected chi connectivity index (χ1v) is 7.80. The fourth-order valence-corrected chi connectivity index (χ4v) is 3.26. The highest BCUT2D eigenvalue weighted by Crippen LogP contribution is 2.41. The first kappa shape index (κ1) is 14.7. The van der Waals surface area contributed by atoms with Crippen molar-refractivity contribution in [1.82, 2.24) is 15.2 Å². The molecule has 1 unspecified atom stereocenters. The first-order chi connectivity index (χ1) is 11.5. The average Bonchev–Trinajstić information content (AvgIpc) is 3.00. The van der Waals surface area contributed by atoms with Gasteiger partial charge in [0.05, 0.1) is 12.3 Å². The maximum atomic E-state index is 13.1. The van der Waals surface area contributed by atoms with Crippen molar-refractivity contribution in [3.8, 4) is 5.75 Å². The van der Waals surface area contributed by atoms with Crippen molar-refractivity contribution in [2.75, 3.05) is 6.61 Å². The molecule has 2 aliphatic heterocycles. The number of benzene rings is 1. The fraction of sp³-hybridized carbons (Fsp3) is 0.353. The van der Waals surface area contributed by atoms with Crippen LogP contribution in [0.3, 0.4) is 0 Å². The molecule has 0 saturated carbocycles. The summed E-state index contributed by atoms with van der Waals surface area (Å²) in [6, 6.07) is 6.85. The van der Waals surface area contributed by atoms with Gasteiger partial charge in [0.15, 0.2) is 5.54 Å². The summed E-state index contributed by atoms with van der Waals surface area (Å²) in [5.74, 6) is 1.37. The number of para-hydroxylation sites is 1. The van der Waals surface area contributed by atoms with E-state index in [4.69, 9.17) is 9.15 Å². The third-order valence-electron chi connectivity index (χ3n) is 4.62. The normalized spacial score (nSPS) is 22.5. The van der Waals surface area contributed by atoms with Gasteiger partial charge in [0.25, 0.3) is 5.91 Å². The highest BCUT2D eigenvalue weighted by molar-refractivity contribution is 6.07. The molecule has 1 spiro atoms. The Morgan fingerprint density at radius 3 is 2.83 bits per heavy atom. The summed E-state index contributed by atoms with van der Waals surface area (Å²) in [6.45, 7) is 4.01. The standard InChI is InChI=1S/C17H17N3O4/c1-10-11(2)24-14(18-10)9-20-15(21)17(19-16(20)22)7-8-23-13-6-4-3-5-12(13)17/h3-6H,7-9H2,1-2H3,(H,19,22). The lowest BCUT2D eigenvalue weighted by Crippen LogP contribution is -2.47. The van der Waals surface area contributed by atoms with Crippen LogP contribution in [0.4, 0.5) is 4.79 Å². The highest BCUT2D eigenvalue weighted by atomic mass is 16.5. The molecule has 3 heterocycles. The second-order valence-electron chi connectivity index (χ2n) is 6.07. The minimum absolute atomic E-state index is 0.0180. The monoisotopic (exact) mass is 327 g/mol. The Hall–Kier alpha value is -2.83. The Morgan fingerprint density at radius 2 is 2.08 bits per heavy atom. The molecular weight excluding hydrogens is 310 g/mol. The summed E-state index contributed by atoms with van der Waals surface area (Å²) in [4.78, 5) is 30.9. The van der Waals surface area contributed by atoms with Crippen molar-refractivity contribution < 1.29 is 18.7 Å². The summed E-state index contributed by atoms with van der Waals surface area (Å²) in [5.41, 5.74) is 0.378. The van der Waals surface area contributed by atoms with E-state index >= 15 is 0 Å². The molecule has 1 aromatic carbocycles. The lowest BCUT2D eigenvalue weighted by atomic mass is 9.84. The Balaban J connectivity index is 1.69. The Morgan fingerprint density at radius 1 is 1.29 bits per heavy atom. The van der Waals surface area contributed by atoms with Gasteiger partial charge in [-0.15, -0.1) is 0 Å². The van der Waals surface area contributed by atoms with Crippen molar-refractivity contribution in [2.24, 2.45) is 0 Å². The van der Waals surface area contributed by atoms with Crippen LogP contribution in [-0.4, -0.2) is 28.4 Å². The predicted molar refractivity (Wildman–Crippen MR) is 83.3 cm³/mol. The molecule has 7 heteroatoms. The summed E-state index contributed by atoms with van der Waals surface area (Å²) in [5, 5.41) is 2.85.